The number of β-lactam (4-membered cyclic amide) rings is 1. The highest BCUT2D eigenvalue weighted by atomic mass is 19.1. The molecule has 4 rings (SSSR count). The van der Waals surface area contributed by atoms with Gasteiger partial charge in [-0.3, -0.25) is 14.5 Å². The van der Waals surface area contributed by atoms with E-state index in [0.717, 1.165) is 21.6 Å². The first-order valence-corrected chi connectivity index (χ1v) is 12.1. The monoisotopic (exact) mass is 503 g/mol. The number of likely N-dealkylation sites (N-methyl/N-ethyl adjacent to an activating group) is 1. The van der Waals surface area contributed by atoms with Gasteiger partial charge in [-0.1, -0.05) is 42.8 Å². The summed E-state index contributed by atoms with van der Waals surface area (Å²) in [6.07, 6.45) is 2.33. The van der Waals surface area contributed by atoms with Gasteiger partial charge in [0.2, 0.25) is 5.91 Å². The highest BCUT2D eigenvalue weighted by Gasteiger charge is 2.55. The Balaban J connectivity index is 1.61. The normalized spacial score (nSPS) is 17.6. The van der Waals surface area contributed by atoms with Crippen molar-refractivity contribution in [1.29, 1.82) is 0 Å². The number of nitrogens with one attached hydrogen (secondary N) is 1. The van der Waals surface area contributed by atoms with E-state index in [1.54, 1.807) is 18.2 Å². The number of rotatable bonds is 7. The number of hydrogen-bond acceptors (Lipinski definition) is 5. The number of carbonyl (C=O) groups excluding carboxylic acids is 3. The molecule has 8 nitrogen and oxygen atoms in total. The van der Waals surface area contributed by atoms with Gasteiger partial charge in [0, 0.05) is 18.9 Å². The maximum absolute atomic E-state index is 13.8. The van der Waals surface area contributed by atoms with Gasteiger partial charge in [-0.2, -0.15) is 0 Å². The zero-order valence-corrected chi connectivity index (χ0v) is 21.0. The third kappa shape index (κ3) is 5.45. The van der Waals surface area contributed by atoms with E-state index >= 15 is 0 Å². The molecular formula is C28H30FN5O3. The predicted molar refractivity (Wildman–Crippen MR) is 139 cm³/mol. The Morgan fingerprint density at radius 1 is 1.16 bits per heavy atom. The number of anilines is 2. The first kappa shape index (κ1) is 25.8. The van der Waals surface area contributed by atoms with Gasteiger partial charge < -0.3 is 16.0 Å². The van der Waals surface area contributed by atoms with E-state index in [1.165, 1.54) is 36.3 Å². The van der Waals surface area contributed by atoms with Crippen LogP contribution in [0.1, 0.15) is 36.1 Å². The summed E-state index contributed by atoms with van der Waals surface area (Å²) in [5.74, 6) is -1.93. The number of amides is 4. The number of nitrogens with zero attached hydrogens (tertiary/aromatic N) is 3. The molecule has 3 aromatic rings. The van der Waals surface area contributed by atoms with E-state index in [0.29, 0.717) is 17.9 Å². The van der Waals surface area contributed by atoms with Crippen molar-refractivity contribution in [3.8, 4) is 0 Å². The van der Waals surface area contributed by atoms with E-state index in [2.05, 4.69) is 10.3 Å². The van der Waals surface area contributed by atoms with Crippen molar-refractivity contribution >= 4 is 29.4 Å². The third-order valence-electron chi connectivity index (χ3n) is 6.66. The Hall–Kier alpha value is -4.27. The lowest BCUT2D eigenvalue weighted by Gasteiger charge is -2.46. The third-order valence-corrected chi connectivity index (χ3v) is 6.66. The zero-order valence-electron chi connectivity index (χ0n) is 21.0. The van der Waals surface area contributed by atoms with E-state index < -0.39 is 35.6 Å². The average Bonchev–Trinajstić information content (AvgIpc) is 2.87. The van der Waals surface area contributed by atoms with Gasteiger partial charge in [-0.15, -0.1) is 0 Å². The lowest BCUT2D eigenvalue weighted by atomic mass is 9.81. The summed E-state index contributed by atoms with van der Waals surface area (Å²) in [4.78, 5) is 46.5. The van der Waals surface area contributed by atoms with E-state index in [4.69, 9.17) is 5.73 Å². The molecule has 1 saturated heterocycles. The SMILES string of the molecule is CC[C@@H](NC(=O)N1C(=O)[C@H](Cc2ccnc(N)c2)[C@H]1C(=O)N(C)c1cccc(F)c1)c1cccc(C)c1. The molecule has 0 radical (unpaired) electrons. The molecule has 3 N–H and O–H groups in total. The molecule has 1 aromatic heterocycles. The number of carbonyl (C=O) groups is 3. The van der Waals surface area contributed by atoms with Gasteiger partial charge in [-0.25, -0.2) is 14.2 Å². The summed E-state index contributed by atoms with van der Waals surface area (Å²) < 4.78 is 13.8. The largest absolute Gasteiger partial charge is 0.384 e. The van der Waals surface area contributed by atoms with Crippen molar-refractivity contribution in [1.82, 2.24) is 15.2 Å². The second-order valence-corrected chi connectivity index (χ2v) is 9.25. The van der Waals surface area contributed by atoms with Crippen LogP contribution in [0.25, 0.3) is 0 Å². The summed E-state index contributed by atoms with van der Waals surface area (Å²) in [5, 5.41) is 2.91. The molecule has 1 aliphatic heterocycles. The van der Waals surface area contributed by atoms with Gasteiger partial charge in [0.1, 0.15) is 17.7 Å². The van der Waals surface area contributed by atoms with Crippen LogP contribution >= 0.6 is 0 Å². The van der Waals surface area contributed by atoms with Crippen molar-refractivity contribution in [2.75, 3.05) is 17.7 Å². The maximum atomic E-state index is 13.8. The second kappa shape index (κ2) is 10.8. The zero-order chi connectivity index (χ0) is 26.7. The van der Waals surface area contributed by atoms with Crippen LogP contribution < -0.4 is 16.0 Å². The Bertz CT molecular complexity index is 1330. The predicted octanol–water partition coefficient (Wildman–Crippen LogP) is 4.00. The van der Waals surface area contributed by atoms with Gasteiger partial charge >= 0.3 is 6.03 Å². The molecule has 0 saturated carbocycles. The van der Waals surface area contributed by atoms with Crippen LogP contribution in [-0.4, -0.2) is 40.8 Å². The molecule has 37 heavy (non-hydrogen) atoms. The molecule has 3 atom stereocenters. The molecule has 4 amide bonds. The average molecular weight is 504 g/mol. The molecule has 0 unspecified atom stereocenters. The van der Waals surface area contributed by atoms with Crippen LogP contribution in [0.2, 0.25) is 0 Å². The highest BCUT2D eigenvalue weighted by Crippen LogP contribution is 2.33. The van der Waals surface area contributed by atoms with Crippen LogP contribution in [0.3, 0.4) is 0 Å². The quantitative estimate of drug-likeness (QED) is 0.474. The van der Waals surface area contributed by atoms with Crippen molar-refractivity contribution in [3.63, 3.8) is 0 Å². The Labute approximate surface area is 215 Å². The highest BCUT2D eigenvalue weighted by molar-refractivity contribution is 6.12. The molecule has 2 heterocycles. The molecule has 1 fully saturated rings. The van der Waals surface area contributed by atoms with E-state index in [-0.39, 0.29) is 12.5 Å². The molecule has 0 spiro atoms. The molecule has 0 bridgehead atoms. The summed E-state index contributed by atoms with van der Waals surface area (Å²) in [6.45, 7) is 3.90. The first-order valence-electron chi connectivity index (χ1n) is 12.1. The molecule has 192 valence electrons. The number of pyridine rings is 1. The van der Waals surface area contributed by atoms with E-state index in [1.807, 2.05) is 38.1 Å². The van der Waals surface area contributed by atoms with Gasteiger partial charge in [0.15, 0.2) is 0 Å². The summed E-state index contributed by atoms with van der Waals surface area (Å²) in [6, 6.07) is 14.7. The Morgan fingerprint density at radius 2 is 1.92 bits per heavy atom. The number of halogens is 1. The van der Waals surface area contributed by atoms with Crippen molar-refractivity contribution in [2.24, 2.45) is 5.92 Å². The fraction of sp³-hybridized carbons (Fsp3) is 0.286. The van der Waals surface area contributed by atoms with Crippen molar-refractivity contribution < 1.29 is 18.8 Å². The van der Waals surface area contributed by atoms with Crippen LogP contribution in [0.4, 0.5) is 20.7 Å². The van der Waals surface area contributed by atoms with Crippen molar-refractivity contribution in [3.05, 3.63) is 89.4 Å². The summed E-state index contributed by atoms with van der Waals surface area (Å²) in [7, 11) is 1.50. The Kier molecular flexibility index (Phi) is 7.52. The number of likely N-dealkylation sites (tertiary alicyclic amines) is 1. The Morgan fingerprint density at radius 3 is 2.59 bits per heavy atom. The number of nitrogen functional groups attached to an aromatic ring is 1. The maximum Gasteiger partial charge on any atom is 0.325 e. The fourth-order valence-corrected chi connectivity index (χ4v) is 4.67. The number of urea groups is 1. The van der Waals surface area contributed by atoms with Crippen LogP contribution in [-0.2, 0) is 16.0 Å². The number of imide groups is 1. The topological polar surface area (TPSA) is 109 Å². The number of aryl methyl sites for hydroxylation is 1. The smallest absolute Gasteiger partial charge is 0.325 e. The number of hydrogen-bond donors (Lipinski definition) is 2. The minimum atomic E-state index is -1.06. The minimum Gasteiger partial charge on any atom is -0.384 e. The lowest BCUT2D eigenvalue weighted by molar-refractivity contribution is -0.156. The van der Waals surface area contributed by atoms with Crippen LogP contribution in [0.5, 0.6) is 0 Å². The molecule has 0 aliphatic carbocycles. The number of benzene rings is 2. The van der Waals surface area contributed by atoms with Gasteiger partial charge in [-0.05, 0) is 61.2 Å². The summed E-state index contributed by atoms with van der Waals surface area (Å²) in [5.41, 5.74) is 8.80. The van der Waals surface area contributed by atoms with Crippen LogP contribution in [0, 0.1) is 18.7 Å². The van der Waals surface area contributed by atoms with Crippen molar-refractivity contribution in [2.45, 2.75) is 38.8 Å². The molecule has 1 aliphatic rings. The lowest BCUT2D eigenvalue weighted by Crippen LogP contribution is -2.70. The fourth-order valence-electron chi connectivity index (χ4n) is 4.67. The van der Waals surface area contributed by atoms with Gasteiger partial charge in [0.05, 0.1) is 12.0 Å². The van der Waals surface area contributed by atoms with Crippen LogP contribution in [0.15, 0.2) is 66.9 Å². The number of nitrogens with two attached hydrogens (primary N) is 1. The minimum absolute atomic E-state index is 0.206. The molecular weight excluding hydrogens is 473 g/mol. The first-order chi connectivity index (χ1) is 17.7. The second-order valence-electron chi connectivity index (χ2n) is 9.25. The summed E-state index contributed by atoms with van der Waals surface area (Å²) >= 11 is 0. The molecule has 9 heteroatoms. The van der Waals surface area contributed by atoms with Gasteiger partial charge in [0.25, 0.3) is 5.91 Å². The number of aromatic nitrogens is 1. The molecule has 2 aromatic carbocycles. The van der Waals surface area contributed by atoms with E-state index in [9.17, 15) is 18.8 Å². The standard InChI is InChI=1S/C28H30FN5O3/c1-4-23(19-8-5-7-17(2)13-19)32-28(37)34-25(27(36)33(3)21-10-6-9-20(29)16-21)22(26(34)35)14-18-11-12-31-24(30)15-18/h5-13,15-16,22-23,25H,4,14H2,1-3H3,(H2,30,31)(H,32,37)/t22-,23-,25+/m1/s1.